The van der Waals surface area contributed by atoms with E-state index in [0.29, 0.717) is 23.4 Å². The lowest BCUT2D eigenvalue weighted by Crippen LogP contribution is -2.35. The van der Waals surface area contributed by atoms with Crippen molar-refractivity contribution in [3.8, 4) is 0 Å². The Kier molecular flexibility index (Phi) is 4.05. The SMILES string of the molecule is O=C(Cn1ccc2ccccc21)N1CC2CN(c3ccc(Cl)cn3)CC2C1. The minimum absolute atomic E-state index is 0.210. The number of benzene rings is 1. The van der Waals surface area contributed by atoms with Gasteiger partial charge in [-0.15, -0.1) is 0 Å². The van der Waals surface area contributed by atoms with E-state index in [0.717, 1.165) is 37.5 Å². The second-order valence-corrected chi connectivity index (χ2v) is 8.00. The molecule has 138 valence electrons. The Morgan fingerprint density at radius 2 is 1.81 bits per heavy atom. The van der Waals surface area contributed by atoms with Crippen molar-refractivity contribution in [3.05, 3.63) is 59.9 Å². The molecule has 0 spiro atoms. The molecule has 0 N–H and O–H groups in total. The molecule has 6 heteroatoms. The van der Waals surface area contributed by atoms with E-state index in [-0.39, 0.29) is 5.91 Å². The Morgan fingerprint density at radius 1 is 1.04 bits per heavy atom. The van der Waals surface area contributed by atoms with Gasteiger partial charge >= 0.3 is 0 Å². The van der Waals surface area contributed by atoms with Crippen molar-refractivity contribution in [2.75, 3.05) is 31.1 Å². The fraction of sp³-hybridized carbons (Fsp3) is 0.333. The van der Waals surface area contributed by atoms with Crippen LogP contribution in [0.4, 0.5) is 5.82 Å². The predicted molar refractivity (Wildman–Crippen MR) is 107 cm³/mol. The van der Waals surface area contributed by atoms with Crippen LogP contribution >= 0.6 is 11.6 Å². The molecule has 2 saturated heterocycles. The van der Waals surface area contributed by atoms with Gasteiger partial charge in [0.2, 0.25) is 5.91 Å². The average molecular weight is 381 g/mol. The number of fused-ring (bicyclic) bond motifs is 2. The van der Waals surface area contributed by atoms with Crippen LogP contribution in [-0.2, 0) is 11.3 Å². The minimum Gasteiger partial charge on any atom is -0.356 e. The van der Waals surface area contributed by atoms with Crippen molar-refractivity contribution in [1.82, 2.24) is 14.5 Å². The number of rotatable bonds is 3. The van der Waals surface area contributed by atoms with Gasteiger partial charge < -0.3 is 14.4 Å². The average Bonchev–Trinajstić information content (AvgIpc) is 3.36. The largest absolute Gasteiger partial charge is 0.356 e. The van der Waals surface area contributed by atoms with Gasteiger partial charge in [-0.25, -0.2) is 4.98 Å². The number of carbonyl (C=O) groups is 1. The second-order valence-electron chi connectivity index (χ2n) is 7.56. The summed E-state index contributed by atoms with van der Waals surface area (Å²) >= 11 is 5.94. The zero-order valence-electron chi connectivity index (χ0n) is 15.0. The maximum absolute atomic E-state index is 12.8. The summed E-state index contributed by atoms with van der Waals surface area (Å²) in [7, 11) is 0. The minimum atomic E-state index is 0.210. The lowest BCUT2D eigenvalue weighted by Gasteiger charge is -2.22. The smallest absolute Gasteiger partial charge is 0.242 e. The van der Waals surface area contributed by atoms with Gasteiger partial charge in [-0.05, 0) is 29.7 Å². The number of amides is 1. The molecule has 2 aromatic heterocycles. The summed E-state index contributed by atoms with van der Waals surface area (Å²) in [6.07, 6.45) is 3.70. The predicted octanol–water partition coefficient (Wildman–Crippen LogP) is 3.28. The molecule has 1 amide bonds. The van der Waals surface area contributed by atoms with Gasteiger partial charge in [-0.3, -0.25) is 4.79 Å². The Morgan fingerprint density at radius 3 is 2.56 bits per heavy atom. The summed E-state index contributed by atoms with van der Waals surface area (Å²) in [5.74, 6) is 2.23. The molecule has 5 rings (SSSR count). The van der Waals surface area contributed by atoms with Crippen molar-refractivity contribution in [2.24, 2.45) is 11.8 Å². The highest BCUT2D eigenvalue weighted by Crippen LogP contribution is 2.33. The normalized spacial score (nSPS) is 21.8. The van der Waals surface area contributed by atoms with Crippen LogP contribution in [0.2, 0.25) is 5.02 Å². The molecule has 3 aromatic rings. The van der Waals surface area contributed by atoms with Crippen LogP contribution in [0, 0.1) is 11.8 Å². The Labute approximate surface area is 163 Å². The maximum atomic E-state index is 12.8. The Hall–Kier alpha value is -2.53. The number of carbonyl (C=O) groups excluding carboxylic acids is 1. The van der Waals surface area contributed by atoms with Crippen LogP contribution in [0.1, 0.15) is 0 Å². The van der Waals surface area contributed by atoms with Crippen LogP contribution in [-0.4, -0.2) is 46.5 Å². The molecule has 5 nitrogen and oxygen atoms in total. The van der Waals surface area contributed by atoms with E-state index in [4.69, 9.17) is 11.6 Å². The van der Waals surface area contributed by atoms with Gasteiger partial charge in [0.05, 0.1) is 5.02 Å². The summed E-state index contributed by atoms with van der Waals surface area (Å²) in [6, 6.07) is 14.1. The molecule has 0 bridgehead atoms. The molecule has 4 heterocycles. The quantitative estimate of drug-likeness (QED) is 0.700. The fourth-order valence-electron chi connectivity index (χ4n) is 4.46. The highest BCUT2D eigenvalue weighted by Gasteiger charge is 2.41. The number of anilines is 1. The highest BCUT2D eigenvalue weighted by atomic mass is 35.5. The molecular weight excluding hydrogens is 360 g/mol. The van der Waals surface area contributed by atoms with Crippen LogP contribution in [0.3, 0.4) is 0 Å². The third-order valence-electron chi connectivity index (χ3n) is 5.86. The van der Waals surface area contributed by atoms with Gasteiger partial charge in [0.25, 0.3) is 0 Å². The summed E-state index contributed by atoms with van der Waals surface area (Å²) < 4.78 is 2.05. The van der Waals surface area contributed by atoms with E-state index in [2.05, 4.69) is 32.7 Å². The number of aromatic nitrogens is 2. The molecule has 2 aliphatic heterocycles. The van der Waals surface area contributed by atoms with Crippen molar-refractivity contribution in [1.29, 1.82) is 0 Å². The van der Waals surface area contributed by atoms with Crippen LogP contribution in [0.15, 0.2) is 54.9 Å². The molecule has 1 aromatic carbocycles. The number of likely N-dealkylation sites (tertiary alicyclic amines) is 1. The molecule has 0 saturated carbocycles. The molecule has 2 unspecified atom stereocenters. The monoisotopic (exact) mass is 380 g/mol. The molecule has 2 fully saturated rings. The molecule has 2 aliphatic rings. The number of hydrogen-bond acceptors (Lipinski definition) is 3. The standard InChI is InChI=1S/C21H21ClN4O/c22-18-5-6-20(23-9-18)25-10-16-12-26(13-17(16)11-25)21(27)14-24-8-7-15-3-1-2-4-19(15)24/h1-9,16-17H,10-14H2. The first-order chi connectivity index (χ1) is 13.2. The van der Waals surface area contributed by atoms with Gasteiger partial charge in [-0.1, -0.05) is 29.8 Å². The molecule has 0 aliphatic carbocycles. The van der Waals surface area contributed by atoms with E-state index < -0.39 is 0 Å². The van der Waals surface area contributed by atoms with Crippen molar-refractivity contribution in [2.45, 2.75) is 6.54 Å². The first-order valence-electron chi connectivity index (χ1n) is 9.35. The number of nitrogens with zero attached hydrogens (tertiary/aromatic N) is 4. The second kappa shape index (κ2) is 6.57. The number of halogens is 1. The van der Waals surface area contributed by atoms with Gasteiger partial charge in [0, 0.05) is 55.9 Å². The molecular formula is C21H21ClN4O. The van der Waals surface area contributed by atoms with Gasteiger partial charge in [0.1, 0.15) is 12.4 Å². The molecule has 27 heavy (non-hydrogen) atoms. The summed E-state index contributed by atoms with van der Waals surface area (Å²) in [5, 5.41) is 1.84. The first-order valence-corrected chi connectivity index (χ1v) is 9.73. The van der Waals surface area contributed by atoms with Gasteiger partial charge in [-0.2, -0.15) is 0 Å². The van der Waals surface area contributed by atoms with Crippen molar-refractivity contribution in [3.63, 3.8) is 0 Å². The van der Waals surface area contributed by atoms with Crippen LogP contribution in [0.25, 0.3) is 10.9 Å². The molecule has 2 atom stereocenters. The van der Waals surface area contributed by atoms with Crippen LogP contribution < -0.4 is 4.90 Å². The fourth-order valence-corrected chi connectivity index (χ4v) is 4.57. The van der Waals surface area contributed by atoms with E-state index in [1.54, 1.807) is 6.20 Å². The highest BCUT2D eigenvalue weighted by molar-refractivity contribution is 6.30. The van der Waals surface area contributed by atoms with E-state index in [9.17, 15) is 4.79 Å². The Balaban J connectivity index is 1.23. The summed E-state index contributed by atoms with van der Waals surface area (Å²) in [4.78, 5) is 21.6. The number of hydrogen-bond donors (Lipinski definition) is 0. The van der Waals surface area contributed by atoms with E-state index >= 15 is 0 Å². The zero-order chi connectivity index (χ0) is 18.4. The van der Waals surface area contributed by atoms with Crippen LogP contribution in [0.5, 0.6) is 0 Å². The lowest BCUT2D eigenvalue weighted by molar-refractivity contribution is -0.131. The van der Waals surface area contributed by atoms with E-state index in [1.165, 1.54) is 5.39 Å². The van der Waals surface area contributed by atoms with Crippen molar-refractivity contribution < 1.29 is 4.79 Å². The topological polar surface area (TPSA) is 41.4 Å². The third-order valence-corrected chi connectivity index (χ3v) is 6.08. The number of para-hydroxylation sites is 1. The summed E-state index contributed by atoms with van der Waals surface area (Å²) in [5.41, 5.74) is 1.12. The van der Waals surface area contributed by atoms with E-state index in [1.807, 2.05) is 35.4 Å². The number of pyridine rings is 1. The zero-order valence-corrected chi connectivity index (χ0v) is 15.7. The first kappa shape index (κ1) is 16.6. The summed E-state index contributed by atoms with van der Waals surface area (Å²) in [6.45, 7) is 4.00. The third kappa shape index (κ3) is 3.06. The molecule has 0 radical (unpaired) electrons. The lowest BCUT2D eigenvalue weighted by atomic mass is 10.0. The Bertz CT molecular complexity index is 969. The maximum Gasteiger partial charge on any atom is 0.242 e. The van der Waals surface area contributed by atoms with Crippen molar-refractivity contribution >= 4 is 34.2 Å². The van der Waals surface area contributed by atoms with Gasteiger partial charge in [0.15, 0.2) is 0 Å².